The van der Waals surface area contributed by atoms with Crippen molar-refractivity contribution >= 4 is 23.5 Å². The highest BCUT2D eigenvalue weighted by molar-refractivity contribution is 6.30. The Morgan fingerprint density at radius 2 is 2.39 bits per heavy atom. The number of halogens is 2. The highest BCUT2D eigenvalue weighted by Gasteiger charge is 2.30. The van der Waals surface area contributed by atoms with Crippen molar-refractivity contribution in [2.45, 2.75) is 12.5 Å². The van der Waals surface area contributed by atoms with Gasteiger partial charge in [0.2, 0.25) is 0 Å². The molecule has 0 unspecified atom stereocenters. The van der Waals surface area contributed by atoms with E-state index < -0.39 is 18.8 Å². The van der Waals surface area contributed by atoms with Crippen molar-refractivity contribution in [3.63, 3.8) is 0 Å². The van der Waals surface area contributed by atoms with Crippen LogP contribution in [0.2, 0.25) is 0 Å². The van der Waals surface area contributed by atoms with Gasteiger partial charge in [-0.2, -0.15) is 0 Å². The standard InChI is InChI=1S/C12H15ClFNO3/c1-2-5-18-12(17)15-4-3-9(11(16)7-13)6-10(15)8-14/h2-3,10H,1,4-8H2/t10-/m0/s1. The third kappa shape index (κ3) is 3.57. The van der Waals surface area contributed by atoms with Gasteiger partial charge in [0.15, 0.2) is 5.78 Å². The Kier molecular flexibility index (Phi) is 5.85. The largest absolute Gasteiger partial charge is 0.445 e. The number of rotatable bonds is 5. The van der Waals surface area contributed by atoms with Gasteiger partial charge in [-0.1, -0.05) is 18.7 Å². The van der Waals surface area contributed by atoms with Crippen LogP contribution in [0.3, 0.4) is 0 Å². The van der Waals surface area contributed by atoms with Gasteiger partial charge in [-0.3, -0.25) is 9.69 Å². The summed E-state index contributed by atoms with van der Waals surface area (Å²) in [5, 5.41) is 0. The predicted molar refractivity (Wildman–Crippen MR) is 66.4 cm³/mol. The molecule has 0 bridgehead atoms. The van der Waals surface area contributed by atoms with Crippen LogP contribution in [-0.4, -0.2) is 48.5 Å². The molecule has 100 valence electrons. The molecule has 1 amide bonds. The number of alkyl halides is 2. The number of hydrogen-bond donors (Lipinski definition) is 0. The highest BCUT2D eigenvalue weighted by Crippen LogP contribution is 2.20. The minimum absolute atomic E-state index is 0.0749. The normalized spacial score (nSPS) is 19.1. The SMILES string of the molecule is C=CCOC(=O)N1CC=C(C(=O)CCl)C[C@H]1CF. The van der Waals surface area contributed by atoms with Crippen molar-refractivity contribution in [3.8, 4) is 0 Å². The van der Waals surface area contributed by atoms with Gasteiger partial charge in [0.1, 0.15) is 13.3 Å². The van der Waals surface area contributed by atoms with Crippen molar-refractivity contribution in [3.05, 3.63) is 24.3 Å². The van der Waals surface area contributed by atoms with Crippen LogP contribution in [0.15, 0.2) is 24.3 Å². The summed E-state index contributed by atoms with van der Waals surface area (Å²) in [6.45, 7) is 2.93. The van der Waals surface area contributed by atoms with E-state index in [0.717, 1.165) is 0 Å². The van der Waals surface area contributed by atoms with E-state index in [1.165, 1.54) is 11.0 Å². The predicted octanol–water partition coefficient (Wildman–Crippen LogP) is 2.09. The molecule has 6 heteroatoms. The Labute approximate surface area is 110 Å². The number of carbonyl (C=O) groups is 2. The molecular formula is C12H15ClFNO3. The van der Waals surface area contributed by atoms with E-state index in [1.54, 1.807) is 6.08 Å². The first kappa shape index (κ1) is 14.7. The summed E-state index contributed by atoms with van der Waals surface area (Å²) in [4.78, 5) is 24.3. The first-order valence-electron chi connectivity index (χ1n) is 5.52. The van der Waals surface area contributed by atoms with Crippen LogP contribution in [0.1, 0.15) is 6.42 Å². The number of hydrogen-bond acceptors (Lipinski definition) is 3. The van der Waals surface area contributed by atoms with E-state index in [9.17, 15) is 14.0 Å². The average Bonchev–Trinajstić information content (AvgIpc) is 2.42. The first-order chi connectivity index (χ1) is 8.63. The molecule has 0 spiro atoms. The van der Waals surface area contributed by atoms with Crippen LogP contribution in [-0.2, 0) is 9.53 Å². The van der Waals surface area contributed by atoms with Gasteiger partial charge in [-0.25, -0.2) is 9.18 Å². The maximum atomic E-state index is 12.9. The van der Waals surface area contributed by atoms with Crippen LogP contribution in [0.4, 0.5) is 9.18 Å². The maximum Gasteiger partial charge on any atom is 0.410 e. The summed E-state index contributed by atoms with van der Waals surface area (Å²) >= 11 is 5.44. The van der Waals surface area contributed by atoms with E-state index in [1.807, 2.05) is 0 Å². The number of amides is 1. The van der Waals surface area contributed by atoms with E-state index >= 15 is 0 Å². The zero-order valence-electron chi connectivity index (χ0n) is 9.90. The molecule has 18 heavy (non-hydrogen) atoms. The van der Waals surface area contributed by atoms with Crippen LogP contribution >= 0.6 is 11.6 Å². The fourth-order valence-electron chi connectivity index (χ4n) is 1.69. The van der Waals surface area contributed by atoms with Crippen LogP contribution in [0.5, 0.6) is 0 Å². The highest BCUT2D eigenvalue weighted by atomic mass is 35.5. The molecule has 4 nitrogen and oxygen atoms in total. The Morgan fingerprint density at radius 3 is 2.94 bits per heavy atom. The molecule has 0 radical (unpaired) electrons. The van der Waals surface area contributed by atoms with Gasteiger partial charge in [-0.05, 0) is 12.0 Å². The van der Waals surface area contributed by atoms with Crippen LogP contribution in [0, 0.1) is 0 Å². The maximum absolute atomic E-state index is 12.9. The van der Waals surface area contributed by atoms with Gasteiger partial charge in [0.25, 0.3) is 0 Å². The fourth-order valence-corrected chi connectivity index (χ4v) is 1.86. The number of nitrogens with zero attached hydrogens (tertiary/aromatic N) is 1. The summed E-state index contributed by atoms with van der Waals surface area (Å²) in [5.74, 6) is -0.361. The molecule has 0 N–H and O–H groups in total. The summed E-state index contributed by atoms with van der Waals surface area (Å²) in [7, 11) is 0. The number of Topliss-reactive ketones (excluding diaryl/α,β-unsaturated/α-hetero) is 1. The second kappa shape index (κ2) is 7.16. The molecule has 0 aliphatic carbocycles. The molecule has 0 fully saturated rings. The summed E-state index contributed by atoms with van der Waals surface area (Å²) < 4.78 is 17.8. The molecule has 0 aromatic carbocycles. The summed E-state index contributed by atoms with van der Waals surface area (Å²) in [6.07, 6.45) is 2.59. The van der Waals surface area contributed by atoms with E-state index in [-0.39, 0.29) is 31.2 Å². The van der Waals surface area contributed by atoms with Crippen molar-refractivity contribution in [2.75, 3.05) is 25.7 Å². The lowest BCUT2D eigenvalue weighted by Crippen LogP contribution is -2.45. The van der Waals surface area contributed by atoms with Crippen LogP contribution < -0.4 is 0 Å². The minimum atomic E-state index is -0.726. The number of carbonyl (C=O) groups excluding carboxylic acids is 2. The second-order valence-corrected chi connectivity index (χ2v) is 4.08. The van der Waals surface area contributed by atoms with E-state index in [4.69, 9.17) is 16.3 Å². The van der Waals surface area contributed by atoms with E-state index in [2.05, 4.69) is 6.58 Å². The molecule has 0 aromatic heterocycles. The average molecular weight is 276 g/mol. The zero-order valence-corrected chi connectivity index (χ0v) is 10.7. The van der Waals surface area contributed by atoms with Gasteiger partial charge in [-0.15, -0.1) is 11.6 Å². The Bertz CT molecular complexity index is 370. The molecular weight excluding hydrogens is 261 g/mol. The lowest BCUT2D eigenvalue weighted by molar-refractivity contribution is -0.113. The summed E-state index contributed by atoms with van der Waals surface area (Å²) in [6, 6.07) is -0.672. The second-order valence-electron chi connectivity index (χ2n) is 3.82. The molecule has 1 rings (SSSR count). The lowest BCUT2D eigenvalue weighted by atomic mass is 9.98. The Balaban J connectivity index is 2.71. The van der Waals surface area contributed by atoms with Crippen molar-refractivity contribution in [2.24, 2.45) is 0 Å². The van der Waals surface area contributed by atoms with Gasteiger partial charge in [0.05, 0.1) is 11.9 Å². The molecule has 1 aliphatic rings. The van der Waals surface area contributed by atoms with Crippen molar-refractivity contribution in [1.82, 2.24) is 4.90 Å². The van der Waals surface area contributed by atoms with Crippen molar-refractivity contribution < 1.29 is 18.7 Å². The topological polar surface area (TPSA) is 46.6 Å². The van der Waals surface area contributed by atoms with Crippen molar-refractivity contribution in [1.29, 1.82) is 0 Å². The minimum Gasteiger partial charge on any atom is -0.445 e. The quantitative estimate of drug-likeness (QED) is 0.570. The summed E-state index contributed by atoms with van der Waals surface area (Å²) in [5.41, 5.74) is 0.473. The van der Waals surface area contributed by atoms with Gasteiger partial charge in [0, 0.05) is 6.54 Å². The monoisotopic (exact) mass is 275 g/mol. The first-order valence-corrected chi connectivity index (χ1v) is 6.06. The zero-order chi connectivity index (χ0) is 13.5. The lowest BCUT2D eigenvalue weighted by Gasteiger charge is -2.32. The molecule has 0 aromatic rings. The molecule has 1 heterocycles. The molecule has 0 saturated carbocycles. The molecule has 0 saturated heterocycles. The number of ether oxygens (including phenoxy) is 1. The van der Waals surface area contributed by atoms with Crippen LogP contribution in [0.25, 0.3) is 0 Å². The molecule has 1 aliphatic heterocycles. The van der Waals surface area contributed by atoms with Gasteiger partial charge >= 0.3 is 6.09 Å². The Morgan fingerprint density at radius 1 is 1.67 bits per heavy atom. The third-order valence-electron chi connectivity index (χ3n) is 2.65. The molecule has 1 atom stereocenters. The number of ketones is 1. The van der Waals surface area contributed by atoms with E-state index in [0.29, 0.717) is 5.57 Å². The third-order valence-corrected chi connectivity index (χ3v) is 2.89. The Hall–Kier alpha value is -1.36. The van der Waals surface area contributed by atoms with Gasteiger partial charge < -0.3 is 4.74 Å². The fraction of sp³-hybridized carbons (Fsp3) is 0.500. The smallest absolute Gasteiger partial charge is 0.410 e.